The molecule has 10 heteroatoms. The number of aryl methyl sites for hydroxylation is 1. The summed E-state index contributed by atoms with van der Waals surface area (Å²) in [6, 6.07) is 10.6. The van der Waals surface area contributed by atoms with Crippen molar-refractivity contribution in [1.29, 1.82) is 0 Å². The van der Waals surface area contributed by atoms with Crippen LogP contribution in [-0.4, -0.2) is 25.9 Å². The minimum Gasteiger partial charge on any atom is -0.408 e. The van der Waals surface area contributed by atoms with E-state index in [-0.39, 0.29) is 23.8 Å². The number of benzene rings is 2. The first-order chi connectivity index (χ1) is 12.8. The molecule has 0 aliphatic heterocycles. The van der Waals surface area contributed by atoms with Crippen LogP contribution >= 0.6 is 11.6 Å². The second-order valence-corrected chi connectivity index (χ2v) is 7.98. The molecule has 0 aliphatic rings. The molecule has 0 fully saturated rings. The van der Waals surface area contributed by atoms with Crippen LogP contribution in [0.15, 0.2) is 56.6 Å². The van der Waals surface area contributed by atoms with E-state index >= 15 is 0 Å². The highest BCUT2D eigenvalue weighted by Gasteiger charge is 2.13. The average molecular weight is 410 g/mol. The summed E-state index contributed by atoms with van der Waals surface area (Å²) in [5, 5.41) is 3.11. The molecule has 3 rings (SSSR count). The van der Waals surface area contributed by atoms with Crippen molar-refractivity contribution >= 4 is 44.3 Å². The first kappa shape index (κ1) is 19.2. The predicted molar refractivity (Wildman–Crippen MR) is 101 cm³/mol. The van der Waals surface area contributed by atoms with Crippen LogP contribution < -0.4 is 15.8 Å². The first-order valence-corrected chi connectivity index (χ1v) is 9.78. The maximum Gasteiger partial charge on any atom is 0.419 e. The van der Waals surface area contributed by atoms with Crippen LogP contribution in [0.1, 0.15) is 6.42 Å². The van der Waals surface area contributed by atoms with Crippen LogP contribution in [0.5, 0.6) is 0 Å². The molecular formula is C17H16ClN3O5S. The summed E-state index contributed by atoms with van der Waals surface area (Å²) in [4.78, 5) is 24.2. The Kier molecular flexibility index (Phi) is 5.36. The monoisotopic (exact) mass is 409 g/mol. The van der Waals surface area contributed by atoms with Crippen molar-refractivity contribution in [2.24, 2.45) is 0 Å². The van der Waals surface area contributed by atoms with Gasteiger partial charge in [-0.1, -0.05) is 11.6 Å². The zero-order valence-corrected chi connectivity index (χ0v) is 15.8. The number of fused-ring (bicyclic) bond motifs is 1. The highest BCUT2D eigenvalue weighted by atomic mass is 35.5. The summed E-state index contributed by atoms with van der Waals surface area (Å²) in [6.07, 6.45) is 0.0354. The number of hydrogen-bond donors (Lipinski definition) is 2. The summed E-state index contributed by atoms with van der Waals surface area (Å²) < 4.78 is 32.0. The standard InChI is InChI=1S/C17H16ClN3O5S/c1-19-27(24,25)13-5-3-12(4-6-13)20-16(22)8-9-21-14-7-2-11(18)10-15(14)26-17(21)23/h2-7,10,19H,8-9H2,1H3,(H,20,22). The molecule has 2 aromatic carbocycles. The van der Waals surface area contributed by atoms with Gasteiger partial charge >= 0.3 is 5.76 Å². The van der Waals surface area contributed by atoms with Crippen molar-refractivity contribution in [1.82, 2.24) is 9.29 Å². The van der Waals surface area contributed by atoms with E-state index in [1.165, 1.54) is 41.9 Å². The van der Waals surface area contributed by atoms with Gasteiger partial charge in [-0.3, -0.25) is 9.36 Å². The Morgan fingerprint density at radius 1 is 1.19 bits per heavy atom. The summed E-state index contributed by atoms with van der Waals surface area (Å²) in [5.41, 5.74) is 1.36. The van der Waals surface area contributed by atoms with Crippen LogP contribution in [0.2, 0.25) is 5.02 Å². The summed E-state index contributed by atoms with van der Waals surface area (Å²) in [6.45, 7) is 0.130. The van der Waals surface area contributed by atoms with E-state index in [0.717, 1.165) is 0 Å². The number of halogens is 1. The van der Waals surface area contributed by atoms with Crippen molar-refractivity contribution < 1.29 is 17.6 Å². The number of aromatic nitrogens is 1. The number of anilines is 1. The maximum absolute atomic E-state index is 12.1. The third kappa shape index (κ3) is 4.21. The van der Waals surface area contributed by atoms with Gasteiger partial charge in [-0.2, -0.15) is 0 Å². The molecule has 2 N–H and O–H groups in total. The number of carbonyl (C=O) groups is 1. The number of amides is 1. The smallest absolute Gasteiger partial charge is 0.408 e. The van der Waals surface area contributed by atoms with E-state index in [0.29, 0.717) is 21.8 Å². The fraction of sp³-hybridized carbons (Fsp3) is 0.176. The van der Waals surface area contributed by atoms with Gasteiger partial charge in [0, 0.05) is 29.7 Å². The lowest BCUT2D eigenvalue weighted by Gasteiger charge is -2.07. The van der Waals surface area contributed by atoms with E-state index in [9.17, 15) is 18.0 Å². The van der Waals surface area contributed by atoms with Gasteiger partial charge in [-0.05, 0) is 43.4 Å². The van der Waals surface area contributed by atoms with Gasteiger partial charge in [0.1, 0.15) is 0 Å². The van der Waals surface area contributed by atoms with Crippen LogP contribution in [-0.2, 0) is 21.4 Å². The largest absolute Gasteiger partial charge is 0.419 e. The molecule has 0 spiro atoms. The van der Waals surface area contributed by atoms with E-state index in [4.69, 9.17) is 16.0 Å². The molecule has 142 valence electrons. The molecule has 0 bridgehead atoms. The van der Waals surface area contributed by atoms with Crippen molar-refractivity contribution in [3.8, 4) is 0 Å². The fourth-order valence-electron chi connectivity index (χ4n) is 2.52. The van der Waals surface area contributed by atoms with Crippen molar-refractivity contribution in [3.63, 3.8) is 0 Å². The molecule has 0 aliphatic carbocycles. The van der Waals surface area contributed by atoms with Crippen molar-refractivity contribution in [2.75, 3.05) is 12.4 Å². The Balaban J connectivity index is 1.67. The van der Waals surface area contributed by atoms with Gasteiger partial charge in [-0.15, -0.1) is 0 Å². The predicted octanol–water partition coefficient (Wildman–Crippen LogP) is 2.18. The van der Waals surface area contributed by atoms with Gasteiger partial charge in [0.15, 0.2) is 5.58 Å². The van der Waals surface area contributed by atoms with Crippen LogP contribution in [0.4, 0.5) is 5.69 Å². The summed E-state index contributed by atoms with van der Waals surface area (Å²) in [5.74, 6) is -0.892. The highest BCUT2D eigenvalue weighted by molar-refractivity contribution is 7.89. The number of oxazole rings is 1. The lowest BCUT2D eigenvalue weighted by molar-refractivity contribution is -0.116. The minimum absolute atomic E-state index is 0.0354. The molecule has 1 aromatic heterocycles. The van der Waals surface area contributed by atoms with E-state index < -0.39 is 15.8 Å². The first-order valence-electron chi connectivity index (χ1n) is 7.92. The van der Waals surface area contributed by atoms with Gasteiger partial charge in [0.2, 0.25) is 15.9 Å². The van der Waals surface area contributed by atoms with Crippen molar-refractivity contribution in [2.45, 2.75) is 17.9 Å². The van der Waals surface area contributed by atoms with E-state index in [1.54, 1.807) is 12.1 Å². The molecule has 27 heavy (non-hydrogen) atoms. The van der Waals surface area contributed by atoms with E-state index in [1.807, 2.05) is 0 Å². The zero-order chi connectivity index (χ0) is 19.6. The second kappa shape index (κ2) is 7.55. The number of nitrogens with one attached hydrogen (secondary N) is 2. The van der Waals surface area contributed by atoms with Gasteiger partial charge in [-0.25, -0.2) is 17.9 Å². The Bertz CT molecular complexity index is 1150. The number of nitrogens with zero attached hydrogens (tertiary/aromatic N) is 1. The number of rotatable bonds is 6. The zero-order valence-electron chi connectivity index (χ0n) is 14.2. The second-order valence-electron chi connectivity index (χ2n) is 5.66. The number of carbonyl (C=O) groups excluding carboxylic acids is 1. The Labute approximate surface area is 159 Å². The molecule has 0 unspecified atom stereocenters. The van der Waals surface area contributed by atoms with Crippen LogP contribution in [0.3, 0.4) is 0 Å². The maximum atomic E-state index is 12.1. The molecule has 8 nitrogen and oxygen atoms in total. The number of hydrogen-bond acceptors (Lipinski definition) is 5. The summed E-state index contributed by atoms with van der Waals surface area (Å²) in [7, 11) is -2.21. The molecular weight excluding hydrogens is 394 g/mol. The average Bonchev–Trinajstić information content (AvgIpc) is 2.94. The third-order valence-electron chi connectivity index (χ3n) is 3.91. The van der Waals surface area contributed by atoms with Crippen molar-refractivity contribution in [3.05, 3.63) is 58.0 Å². The van der Waals surface area contributed by atoms with Crippen LogP contribution in [0, 0.1) is 0 Å². The van der Waals surface area contributed by atoms with Gasteiger partial charge < -0.3 is 9.73 Å². The lowest BCUT2D eigenvalue weighted by atomic mass is 10.3. The molecule has 0 saturated heterocycles. The van der Waals surface area contributed by atoms with E-state index in [2.05, 4.69) is 10.0 Å². The normalized spacial score (nSPS) is 11.6. The topological polar surface area (TPSA) is 110 Å². The Morgan fingerprint density at radius 3 is 2.56 bits per heavy atom. The number of sulfonamides is 1. The Hall–Kier alpha value is -2.62. The molecule has 1 amide bonds. The quantitative estimate of drug-likeness (QED) is 0.648. The Morgan fingerprint density at radius 2 is 1.89 bits per heavy atom. The summed E-state index contributed by atoms with van der Waals surface area (Å²) >= 11 is 5.87. The van der Waals surface area contributed by atoms with Gasteiger partial charge in [0.05, 0.1) is 10.4 Å². The molecule has 0 atom stereocenters. The molecule has 0 saturated carbocycles. The fourth-order valence-corrected chi connectivity index (χ4v) is 3.42. The molecule has 0 radical (unpaired) electrons. The minimum atomic E-state index is -3.53. The third-order valence-corrected chi connectivity index (χ3v) is 5.58. The lowest BCUT2D eigenvalue weighted by Crippen LogP contribution is -2.20. The SMILES string of the molecule is CNS(=O)(=O)c1ccc(NC(=O)CCn2c(=O)oc3cc(Cl)ccc32)cc1. The molecule has 1 heterocycles. The molecule has 3 aromatic rings. The van der Waals surface area contributed by atoms with Gasteiger partial charge in [0.25, 0.3) is 0 Å². The van der Waals surface area contributed by atoms with Crippen LogP contribution in [0.25, 0.3) is 11.1 Å². The highest BCUT2D eigenvalue weighted by Crippen LogP contribution is 2.19.